The Morgan fingerprint density at radius 3 is 3.00 bits per heavy atom. The van der Waals surface area contributed by atoms with Crippen molar-refractivity contribution in [3.63, 3.8) is 0 Å². The van der Waals surface area contributed by atoms with Gasteiger partial charge in [0.1, 0.15) is 0 Å². The molecular weight excluding hydrogens is 142 g/mol. The molecule has 1 heterocycles. The molecule has 1 rings (SSSR count). The van der Waals surface area contributed by atoms with E-state index in [1.807, 2.05) is 6.92 Å². The molecule has 3 heteroatoms. The van der Waals surface area contributed by atoms with E-state index in [9.17, 15) is 4.79 Å². The van der Waals surface area contributed by atoms with E-state index in [4.69, 9.17) is 4.74 Å². The van der Waals surface area contributed by atoms with Crippen LogP contribution in [0.3, 0.4) is 0 Å². The van der Waals surface area contributed by atoms with Gasteiger partial charge in [0.15, 0.2) is 5.78 Å². The lowest BCUT2D eigenvalue weighted by molar-refractivity contribution is -0.117. The van der Waals surface area contributed by atoms with Crippen LogP contribution in [0.1, 0.15) is 13.3 Å². The molecule has 0 saturated heterocycles. The highest BCUT2D eigenvalue weighted by Gasteiger charge is 2.18. The predicted molar refractivity (Wildman–Crippen MR) is 42.2 cm³/mol. The van der Waals surface area contributed by atoms with Gasteiger partial charge in [-0.3, -0.25) is 4.79 Å². The van der Waals surface area contributed by atoms with E-state index >= 15 is 0 Å². The van der Waals surface area contributed by atoms with Crippen LogP contribution in [0.5, 0.6) is 0 Å². The Balaban J connectivity index is 2.53. The van der Waals surface area contributed by atoms with Gasteiger partial charge in [0.05, 0.1) is 18.9 Å². The first-order chi connectivity index (χ1) is 5.25. The van der Waals surface area contributed by atoms with Crippen LogP contribution < -0.4 is 5.32 Å². The molecule has 1 unspecified atom stereocenters. The summed E-state index contributed by atoms with van der Waals surface area (Å²) in [5, 5.41) is 2.90. The normalized spacial score (nSPS) is 18.9. The lowest BCUT2D eigenvalue weighted by Crippen LogP contribution is -2.31. The Labute approximate surface area is 66.4 Å². The average Bonchev–Trinajstić information content (AvgIpc) is 2.53. The van der Waals surface area contributed by atoms with E-state index in [-0.39, 0.29) is 11.8 Å². The summed E-state index contributed by atoms with van der Waals surface area (Å²) >= 11 is 0. The van der Waals surface area contributed by atoms with Crippen LogP contribution in [0.4, 0.5) is 0 Å². The molecule has 3 nitrogen and oxygen atoms in total. The Bertz CT molecular complexity index is 187. The molecule has 0 aliphatic carbocycles. The van der Waals surface area contributed by atoms with Crippen molar-refractivity contribution in [2.45, 2.75) is 19.4 Å². The molecule has 0 aromatic carbocycles. The summed E-state index contributed by atoms with van der Waals surface area (Å²) in [4.78, 5) is 11.4. The third-order valence-electron chi connectivity index (χ3n) is 1.86. The maximum absolute atomic E-state index is 11.4. The van der Waals surface area contributed by atoms with Gasteiger partial charge in [0, 0.05) is 12.0 Å². The maximum Gasteiger partial charge on any atom is 0.178 e. The molecule has 1 aliphatic rings. The fourth-order valence-corrected chi connectivity index (χ4v) is 0.978. The average molecular weight is 155 g/mol. The van der Waals surface area contributed by atoms with Crippen molar-refractivity contribution in [2.24, 2.45) is 0 Å². The van der Waals surface area contributed by atoms with Gasteiger partial charge in [-0.2, -0.15) is 0 Å². The number of rotatable bonds is 3. The summed E-state index contributed by atoms with van der Waals surface area (Å²) in [6.45, 7) is 2.50. The van der Waals surface area contributed by atoms with Gasteiger partial charge in [0.25, 0.3) is 0 Å². The Morgan fingerprint density at radius 2 is 2.55 bits per heavy atom. The number of ether oxygens (including phenoxy) is 1. The number of hydrogen-bond donors (Lipinski definition) is 1. The Morgan fingerprint density at radius 1 is 1.82 bits per heavy atom. The van der Waals surface area contributed by atoms with E-state index < -0.39 is 0 Å². The molecule has 1 aliphatic heterocycles. The maximum atomic E-state index is 11.4. The minimum absolute atomic E-state index is 0.0945. The summed E-state index contributed by atoms with van der Waals surface area (Å²) in [7, 11) is 1.78. The smallest absolute Gasteiger partial charge is 0.178 e. The minimum Gasteiger partial charge on any atom is -0.500 e. The molecule has 0 saturated carbocycles. The fraction of sp³-hybridized carbons (Fsp3) is 0.625. The second-order valence-electron chi connectivity index (χ2n) is 2.64. The van der Waals surface area contributed by atoms with Crippen LogP contribution >= 0.6 is 0 Å². The van der Waals surface area contributed by atoms with Crippen LogP contribution in [0.25, 0.3) is 0 Å². The van der Waals surface area contributed by atoms with Gasteiger partial charge in [-0.05, 0) is 14.0 Å². The summed E-state index contributed by atoms with van der Waals surface area (Å²) in [5.41, 5.74) is 0.798. The highest BCUT2D eigenvalue weighted by Crippen LogP contribution is 2.12. The lowest BCUT2D eigenvalue weighted by Gasteiger charge is -2.07. The van der Waals surface area contributed by atoms with Crippen LogP contribution in [-0.4, -0.2) is 25.5 Å². The first-order valence-corrected chi connectivity index (χ1v) is 3.78. The zero-order chi connectivity index (χ0) is 8.27. The highest BCUT2D eigenvalue weighted by molar-refractivity contribution is 5.99. The summed E-state index contributed by atoms with van der Waals surface area (Å²) in [5.74, 6) is 0.144. The second kappa shape index (κ2) is 3.53. The van der Waals surface area contributed by atoms with Crippen molar-refractivity contribution in [3.05, 3.63) is 11.8 Å². The lowest BCUT2D eigenvalue weighted by atomic mass is 10.1. The second-order valence-corrected chi connectivity index (χ2v) is 2.64. The van der Waals surface area contributed by atoms with Gasteiger partial charge in [-0.25, -0.2) is 0 Å². The number of hydrogen-bond acceptors (Lipinski definition) is 3. The summed E-state index contributed by atoms with van der Waals surface area (Å²) in [6.07, 6.45) is 2.32. The Hall–Kier alpha value is -0.830. The number of likely N-dealkylation sites (N-methyl/N-ethyl adjacent to an activating group) is 1. The van der Waals surface area contributed by atoms with E-state index in [1.54, 1.807) is 13.3 Å². The van der Waals surface area contributed by atoms with Gasteiger partial charge < -0.3 is 10.1 Å². The third-order valence-corrected chi connectivity index (χ3v) is 1.86. The molecule has 0 aromatic rings. The zero-order valence-electron chi connectivity index (χ0n) is 6.89. The van der Waals surface area contributed by atoms with Crippen molar-refractivity contribution in [3.8, 4) is 0 Å². The fourth-order valence-electron chi connectivity index (χ4n) is 0.978. The summed E-state index contributed by atoms with van der Waals surface area (Å²) in [6, 6.07) is -0.0945. The number of Topliss-reactive ketones (excluding diaryl/α,β-unsaturated/α-hetero) is 1. The molecule has 11 heavy (non-hydrogen) atoms. The standard InChI is InChI=1S/C8H13NO2/c1-6(9-2)8(10)7-3-4-11-5-7/h5-6,9H,3-4H2,1-2H3. The highest BCUT2D eigenvalue weighted by atomic mass is 16.5. The van der Waals surface area contributed by atoms with E-state index in [1.165, 1.54) is 0 Å². The number of nitrogens with one attached hydrogen (secondary N) is 1. The molecule has 0 fully saturated rings. The monoisotopic (exact) mass is 155 g/mol. The molecule has 0 spiro atoms. The molecule has 0 amide bonds. The molecule has 0 radical (unpaired) electrons. The van der Waals surface area contributed by atoms with Crippen molar-refractivity contribution in [1.82, 2.24) is 5.32 Å². The SMILES string of the molecule is CNC(C)C(=O)C1=COCC1. The van der Waals surface area contributed by atoms with Gasteiger partial charge in [-0.1, -0.05) is 0 Å². The predicted octanol–water partition coefficient (Wildman–Crippen LogP) is 0.468. The minimum atomic E-state index is -0.0945. The van der Waals surface area contributed by atoms with E-state index in [0.29, 0.717) is 6.61 Å². The van der Waals surface area contributed by atoms with E-state index in [2.05, 4.69) is 5.32 Å². The quantitative estimate of drug-likeness (QED) is 0.643. The van der Waals surface area contributed by atoms with Crippen molar-refractivity contribution >= 4 is 5.78 Å². The molecule has 0 aromatic heterocycles. The number of ketones is 1. The van der Waals surface area contributed by atoms with Crippen molar-refractivity contribution in [2.75, 3.05) is 13.7 Å². The summed E-state index contributed by atoms with van der Waals surface area (Å²) < 4.78 is 4.96. The van der Waals surface area contributed by atoms with Gasteiger partial charge in [-0.15, -0.1) is 0 Å². The van der Waals surface area contributed by atoms with Crippen molar-refractivity contribution < 1.29 is 9.53 Å². The first-order valence-electron chi connectivity index (χ1n) is 3.78. The van der Waals surface area contributed by atoms with Crippen molar-refractivity contribution in [1.29, 1.82) is 0 Å². The molecule has 1 atom stereocenters. The topological polar surface area (TPSA) is 38.3 Å². The molecular formula is C8H13NO2. The van der Waals surface area contributed by atoms with Gasteiger partial charge >= 0.3 is 0 Å². The van der Waals surface area contributed by atoms with Crippen LogP contribution in [0.15, 0.2) is 11.8 Å². The third kappa shape index (κ3) is 1.80. The molecule has 1 N–H and O–H groups in total. The number of carbonyl (C=O) groups is 1. The number of carbonyl (C=O) groups excluding carboxylic acids is 1. The Kier molecular flexibility index (Phi) is 2.65. The molecule has 0 bridgehead atoms. The zero-order valence-corrected chi connectivity index (χ0v) is 6.89. The van der Waals surface area contributed by atoms with Crippen LogP contribution in [0, 0.1) is 0 Å². The molecule has 62 valence electrons. The first kappa shape index (κ1) is 8.27. The van der Waals surface area contributed by atoms with Gasteiger partial charge in [0.2, 0.25) is 0 Å². The van der Waals surface area contributed by atoms with Crippen LogP contribution in [0.2, 0.25) is 0 Å². The largest absolute Gasteiger partial charge is 0.500 e. The van der Waals surface area contributed by atoms with E-state index in [0.717, 1.165) is 12.0 Å². The van der Waals surface area contributed by atoms with Crippen LogP contribution in [-0.2, 0) is 9.53 Å².